The number of ether oxygens (including phenoxy) is 1. The summed E-state index contributed by atoms with van der Waals surface area (Å²) >= 11 is 0. The molecule has 1 aliphatic rings. The SMILES string of the molecule is CC(C)CCC(C)(F)CC1COCCN1. The Bertz CT molecular complexity index is 176. The molecule has 1 heterocycles. The number of hydrogen-bond donors (Lipinski definition) is 1. The first-order chi connectivity index (χ1) is 6.99. The lowest BCUT2D eigenvalue weighted by molar-refractivity contribution is 0.0443. The van der Waals surface area contributed by atoms with Crippen LogP contribution in [0.4, 0.5) is 4.39 Å². The smallest absolute Gasteiger partial charge is 0.109 e. The fourth-order valence-corrected chi connectivity index (χ4v) is 1.96. The summed E-state index contributed by atoms with van der Waals surface area (Å²) in [6, 6.07) is 0.195. The molecule has 3 heteroatoms. The third kappa shape index (κ3) is 5.47. The molecule has 2 nitrogen and oxygen atoms in total. The standard InChI is InChI=1S/C12H24FNO/c1-10(2)4-5-12(3,13)8-11-9-15-7-6-14-11/h10-11,14H,4-9H2,1-3H3. The van der Waals surface area contributed by atoms with Gasteiger partial charge in [-0.1, -0.05) is 13.8 Å². The van der Waals surface area contributed by atoms with E-state index in [0.717, 1.165) is 19.6 Å². The summed E-state index contributed by atoms with van der Waals surface area (Å²) in [5.74, 6) is 0.579. The molecule has 2 unspecified atom stereocenters. The Morgan fingerprint density at radius 2 is 2.27 bits per heavy atom. The molecule has 15 heavy (non-hydrogen) atoms. The highest BCUT2D eigenvalue weighted by Gasteiger charge is 2.28. The monoisotopic (exact) mass is 217 g/mol. The normalized spacial score (nSPS) is 26.6. The molecule has 1 aliphatic heterocycles. The van der Waals surface area contributed by atoms with E-state index in [9.17, 15) is 4.39 Å². The molecule has 1 N–H and O–H groups in total. The van der Waals surface area contributed by atoms with E-state index in [1.54, 1.807) is 6.92 Å². The number of halogens is 1. The van der Waals surface area contributed by atoms with Crippen molar-refractivity contribution in [1.29, 1.82) is 0 Å². The van der Waals surface area contributed by atoms with Crippen molar-refractivity contribution in [2.24, 2.45) is 5.92 Å². The van der Waals surface area contributed by atoms with Crippen LogP contribution < -0.4 is 5.32 Å². The van der Waals surface area contributed by atoms with Crippen LogP contribution in [0.25, 0.3) is 0 Å². The Morgan fingerprint density at radius 3 is 2.80 bits per heavy atom. The van der Waals surface area contributed by atoms with Crippen LogP contribution in [0, 0.1) is 5.92 Å². The van der Waals surface area contributed by atoms with Crippen LogP contribution in [0.5, 0.6) is 0 Å². The van der Waals surface area contributed by atoms with Crippen LogP contribution in [-0.2, 0) is 4.74 Å². The van der Waals surface area contributed by atoms with Gasteiger partial charge < -0.3 is 10.1 Å². The molecule has 0 aromatic carbocycles. The Labute approximate surface area is 92.6 Å². The highest BCUT2D eigenvalue weighted by Crippen LogP contribution is 2.26. The van der Waals surface area contributed by atoms with Gasteiger partial charge in [-0.2, -0.15) is 0 Å². The summed E-state index contributed by atoms with van der Waals surface area (Å²) in [5, 5.41) is 3.30. The summed E-state index contributed by atoms with van der Waals surface area (Å²) in [4.78, 5) is 0. The van der Waals surface area contributed by atoms with Crippen molar-refractivity contribution in [3.05, 3.63) is 0 Å². The van der Waals surface area contributed by atoms with Crippen molar-refractivity contribution in [3.63, 3.8) is 0 Å². The third-order valence-electron chi connectivity index (χ3n) is 2.91. The third-order valence-corrected chi connectivity index (χ3v) is 2.91. The maximum absolute atomic E-state index is 14.1. The van der Waals surface area contributed by atoms with Crippen LogP contribution in [0.3, 0.4) is 0 Å². The molecular weight excluding hydrogens is 193 g/mol. The molecular formula is C12H24FNO. The van der Waals surface area contributed by atoms with Crippen LogP contribution in [0.1, 0.15) is 40.0 Å². The van der Waals surface area contributed by atoms with Crippen molar-refractivity contribution in [2.45, 2.75) is 51.7 Å². The van der Waals surface area contributed by atoms with Gasteiger partial charge in [-0.3, -0.25) is 0 Å². The molecule has 0 saturated carbocycles. The minimum absolute atomic E-state index is 0.195. The van der Waals surface area contributed by atoms with E-state index in [0.29, 0.717) is 25.4 Å². The highest BCUT2D eigenvalue weighted by atomic mass is 19.1. The second kappa shape index (κ2) is 5.80. The minimum atomic E-state index is -1.05. The van der Waals surface area contributed by atoms with Crippen molar-refractivity contribution in [3.8, 4) is 0 Å². The van der Waals surface area contributed by atoms with Gasteiger partial charge in [0.2, 0.25) is 0 Å². The summed E-state index contributed by atoms with van der Waals surface area (Å²) in [6.07, 6.45) is 2.18. The van der Waals surface area contributed by atoms with Gasteiger partial charge in [0.1, 0.15) is 5.67 Å². The zero-order valence-electron chi connectivity index (χ0n) is 10.2. The first kappa shape index (κ1) is 12.9. The van der Waals surface area contributed by atoms with Crippen LogP contribution in [0.15, 0.2) is 0 Å². The molecule has 0 radical (unpaired) electrons. The van der Waals surface area contributed by atoms with Gasteiger partial charge in [-0.05, 0) is 32.1 Å². The Kier molecular flexibility index (Phi) is 5.00. The van der Waals surface area contributed by atoms with E-state index in [2.05, 4.69) is 19.2 Å². The van der Waals surface area contributed by atoms with Crippen LogP contribution in [0.2, 0.25) is 0 Å². The molecule has 1 rings (SSSR count). The highest BCUT2D eigenvalue weighted by molar-refractivity contribution is 4.82. The lowest BCUT2D eigenvalue weighted by Crippen LogP contribution is -2.44. The Morgan fingerprint density at radius 1 is 1.53 bits per heavy atom. The largest absolute Gasteiger partial charge is 0.379 e. The van der Waals surface area contributed by atoms with E-state index in [-0.39, 0.29) is 6.04 Å². The fraction of sp³-hybridized carbons (Fsp3) is 1.00. The van der Waals surface area contributed by atoms with Gasteiger partial charge in [0.05, 0.1) is 13.2 Å². The molecule has 90 valence electrons. The topological polar surface area (TPSA) is 21.3 Å². The zero-order valence-corrected chi connectivity index (χ0v) is 10.2. The Hall–Kier alpha value is -0.150. The number of nitrogens with one attached hydrogen (secondary N) is 1. The number of hydrogen-bond acceptors (Lipinski definition) is 2. The second-order valence-electron chi connectivity index (χ2n) is 5.28. The van der Waals surface area contributed by atoms with Crippen LogP contribution >= 0.6 is 0 Å². The quantitative estimate of drug-likeness (QED) is 0.764. The number of morpholine rings is 1. The zero-order chi connectivity index (χ0) is 11.3. The van der Waals surface area contributed by atoms with Gasteiger partial charge in [0.15, 0.2) is 0 Å². The van der Waals surface area contributed by atoms with Crippen molar-refractivity contribution >= 4 is 0 Å². The van der Waals surface area contributed by atoms with Gasteiger partial charge in [0.25, 0.3) is 0 Å². The molecule has 0 amide bonds. The summed E-state index contributed by atoms with van der Waals surface area (Å²) in [6.45, 7) is 8.25. The molecule has 2 atom stereocenters. The van der Waals surface area contributed by atoms with E-state index >= 15 is 0 Å². The van der Waals surface area contributed by atoms with Crippen molar-refractivity contribution in [1.82, 2.24) is 5.32 Å². The van der Waals surface area contributed by atoms with E-state index in [1.807, 2.05) is 0 Å². The molecule has 0 spiro atoms. The summed E-state index contributed by atoms with van der Waals surface area (Å²) in [7, 11) is 0. The second-order valence-corrected chi connectivity index (χ2v) is 5.28. The number of rotatable bonds is 5. The predicted octanol–water partition coefficient (Wildman–Crippen LogP) is 2.53. The maximum Gasteiger partial charge on any atom is 0.109 e. The van der Waals surface area contributed by atoms with Gasteiger partial charge in [-0.25, -0.2) is 4.39 Å². The van der Waals surface area contributed by atoms with Gasteiger partial charge in [-0.15, -0.1) is 0 Å². The van der Waals surface area contributed by atoms with Crippen molar-refractivity contribution in [2.75, 3.05) is 19.8 Å². The fourth-order valence-electron chi connectivity index (χ4n) is 1.96. The first-order valence-corrected chi connectivity index (χ1v) is 6.00. The molecule has 1 saturated heterocycles. The minimum Gasteiger partial charge on any atom is -0.379 e. The summed E-state index contributed by atoms with van der Waals surface area (Å²) < 4.78 is 19.5. The lowest BCUT2D eigenvalue weighted by atomic mass is 9.91. The van der Waals surface area contributed by atoms with Crippen LogP contribution in [-0.4, -0.2) is 31.5 Å². The number of alkyl halides is 1. The first-order valence-electron chi connectivity index (χ1n) is 6.00. The average molecular weight is 217 g/mol. The van der Waals surface area contributed by atoms with E-state index in [4.69, 9.17) is 4.74 Å². The molecule has 0 aliphatic carbocycles. The van der Waals surface area contributed by atoms with E-state index < -0.39 is 5.67 Å². The van der Waals surface area contributed by atoms with Crippen molar-refractivity contribution < 1.29 is 9.13 Å². The molecule has 0 aromatic heterocycles. The van der Waals surface area contributed by atoms with Gasteiger partial charge >= 0.3 is 0 Å². The predicted molar refractivity (Wildman–Crippen MR) is 60.8 cm³/mol. The molecule has 1 fully saturated rings. The Balaban J connectivity index is 2.26. The maximum atomic E-state index is 14.1. The lowest BCUT2D eigenvalue weighted by Gasteiger charge is -2.30. The molecule has 0 aromatic rings. The average Bonchev–Trinajstić information content (AvgIpc) is 2.16. The summed E-state index contributed by atoms with van der Waals surface area (Å²) in [5.41, 5.74) is -1.05. The van der Waals surface area contributed by atoms with Gasteiger partial charge in [0, 0.05) is 12.6 Å². The molecule has 0 bridgehead atoms. The van der Waals surface area contributed by atoms with E-state index in [1.165, 1.54) is 0 Å².